The summed E-state index contributed by atoms with van der Waals surface area (Å²) in [6, 6.07) is 12.6. The largest absolute Gasteiger partial charge is 0.486 e. The van der Waals surface area contributed by atoms with Gasteiger partial charge in [-0.15, -0.1) is 0 Å². The number of ether oxygens (including phenoxy) is 2. The normalized spacial score (nSPS) is 19.9. The zero-order valence-electron chi connectivity index (χ0n) is 16.6. The molecule has 2 heterocycles. The molecule has 0 aromatic heterocycles. The van der Waals surface area contributed by atoms with Crippen molar-refractivity contribution >= 4 is 20.0 Å². The first-order valence-corrected chi connectivity index (χ1v) is 12.6. The number of nitrogens with zero attached hydrogens (tertiary/aromatic N) is 2. The summed E-state index contributed by atoms with van der Waals surface area (Å²) < 4.78 is 65.2. The van der Waals surface area contributed by atoms with Crippen molar-refractivity contribution in [2.24, 2.45) is 0 Å². The van der Waals surface area contributed by atoms with Crippen LogP contribution in [0.1, 0.15) is 12.8 Å². The van der Waals surface area contributed by atoms with Crippen molar-refractivity contribution in [2.75, 3.05) is 33.3 Å². The Morgan fingerprint density at radius 2 is 1.53 bits per heavy atom. The highest BCUT2D eigenvalue weighted by Crippen LogP contribution is 2.31. The molecule has 0 spiro atoms. The highest BCUT2D eigenvalue weighted by molar-refractivity contribution is 7.89. The van der Waals surface area contributed by atoms with Crippen molar-refractivity contribution in [1.82, 2.24) is 8.61 Å². The standard InChI is InChI=1S/C20H24N2O6S2/c1-21(14-16-15-27-19-6-2-3-7-20(19)28-16)29(23,24)17-8-10-18(11-9-17)30(25,26)22-12-4-5-13-22/h2-3,6-11,16H,4-5,12-15H2,1H3/t16-/m0/s1. The van der Waals surface area contributed by atoms with E-state index in [1.807, 2.05) is 12.1 Å². The molecule has 0 bridgehead atoms. The molecule has 4 rings (SSSR count). The molecule has 1 atom stereocenters. The van der Waals surface area contributed by atoms with Gasteiger partial charge in [-0.25, -0.2) is 16.8 Å². The van der Waals surface area contributed by atoms with E-state index in [0.717, 1.165) is 12.8 Å². The number of fused-ring (bicyclic) bond motifs is 1. The van der Waals surface area contributed by atoms with Gasteiger partial charge in [-0.3, -0.25) is 0 Å². The maximum Gasteiger partial charge on any atom is 0.243 e. The molecule has 0 saturated carbocycles. The Balaban J connectivity index is 1.46. The number of para-hydroxylation sites is 2. The van der Waals surface area contributed by atoms with Crippen molar-refractivity contribution in [3.05, 3.63) is 48.5 Å². The summed E-state index contributed by atoms with van der Waals surface area (Å²) in [5.74, 6) is 1.21. The van der Waals surface area contributed by atoms with E-state index in [1.54, 1.807) is 12.1 Å². The molecule has 0 unspecified atom stereocenters. The zero-order chi connectivity index (χ0) is 21.4. The average molecular weight is 453 g/mol. The van der Waals surface area contributed by atoms with Gasteiger partial charge in [0.15, 0.2) is 11.5 Å². The van der Waals surface area contributed by atoms with Crippen LogP contribution in [0.3, 0.4) is 0 Å². The number of benzene rings is 2. The van der Waals surface area contributed by atoms with Gasteiger partial charge in [-0.2, -0.15) is 8.61 Å². The predicted molar refractivity (Wildman–Crippen MR) is 111 cm³/mol. The first-order chi connectivity index (χ1) is 14.3. The molecular formula is C20H24N2O6S2. The second kappa shape index (κ2) is 8.18. The van der Waals surface area contributed by atoms with E-state index >= 15 is 0 Å². The van der Waals surface area contributed by atoms with E-state index in [1.165, 1.54) is 39.9 Å². The molecule has 2 aliphatic rings. The molecule has 2 aromatic carbocycles. The van der Waals surface area contributed by atoms with E-state index in [2.05, 4.69) is 0 Å². The predicted octanol–water partition coefficient (Wildman–Crippen LogP) is 1.93. The second-order valence-corrected chi connectivity index (χ2v) is 11.3. The summed E-state index contributed by atoms with van der Waals surface area (Å²) in [6.45, 7) is 1.34. The van der Waals surface area contributed by atoms with Gasteiger partial charge in [-0.05, 0) is 49.2 Å². The lowest BCUT2D eigenvalue weighted by atomic mass is 10.2. The highest BCUT2D eigenvalue weighted by atomic mass is 32.2. The van der Waals surface area contributed by atoms with Crippen molar-refractivity contribution in [1.29, 1.82) is 0 Å². The average Bonchev–Trinajstić information content (AvgIpc) is 3.29. The van der Waals surface area contributed by atoms with E-state index in [9.17, 15) is 16.8 Å². The maximum absolute atomic E-state index is 12.9. The van der Waals surface area contributed by atoms with Gasteiger partial charge in [0.2, 0.25) is 20.0 Å². The third-order valence-electron chi connectivity index (χ3n) is 5.26. The lowest BCUT2D eigenvalue weighted by Gasteiger charge is -2.29. The van der Waals surface area contributed by atoms with Crippen LogP contribution in [0.25, 0.3) is 0 Å². The van der Waals surface area contributed by atoms with E-state index in [-0.39, 0.29) is 22.9 Å². The van der Waals surface area contributed by atoms with Crippen LogP contribution in [-0.4, -0.2) is 64.8 Å². The molecule has 0 aliphatic carbocycles. The first-order valence-electron chi connectivity index (χ1n) is 9.73. The Bertz CT molecular complexity index is 1110. The number of hydrogen-bond acceptors (Lipinski definition) is 6. The number of hydrogen-bond donors (Lipinski definition) is 0. The fraction of sp³-hybridized carbons (Fsp3) is 0.400. The minimum Gasteiger partial charge on any atom is -0.486 e. The Morgan fingerprint density at radius 1 is 0.933 bits per heavy atom. The SMILES string of the molecule is CN(C[C@H]1COc2ccccc2O1)S(=O)(=O)c1ccc(S(=O)(=O)N2CCCC2)cc1. The van der Waals surface area contributed by atoms with Crippen LogP contribution in [0.2, 0.25) is 0 Å². The Morgan fingerprint density at radius 3 is 2.20 bits per heavy atom. The summed E-state index contributed by atoms with van der Waals surface area (Å²) in [5.41, 5.74) is 0. The lowest BCUT2D eigenvalue weighted by Crippen LogP contribution is -2.41. The first kappa shape index (κ1) is 21.1. The molecular weight excluding hydrogens is 428 g/mol. The maximum atomic E-state index is 12.9. The van der Waals surface area contributed by atoms with Crippen LogP contribution in [-0.2, 0) is 20.0 Å². The van der Waals surface area contributed by atoms with Gasteiger partial charge >= 0.3 is 0 Å². The topological polar surface area (TPSA) is 93.2 Å². The molecule has 1 fully saturated rings. The van der Waals surface area contributed by atoms with Gasteiger partial charge in [0.1, 0.15) is 12.7 Å². The molecule has 0 radical (unpaired) electrons. The second-order valence-electron chi connectivity index (χ2n) is 7.37. The van der Waals surface area contributed by atoms with Crippen molar-refractivity contribution in [3.8, 4) is 11.5 Å². The Labute approximate surface area is 177 Å². The fourth-order valence-corrected chi connectivity index (χ4v) is 6.30. The van der Waals surface area contributed by atoms with Crippen LogP contribution in [0.15, 0.2) is 58.3 Å². The zero-order valence-corrected chi connectivity index (χ0v) is 18.2. The molecule has 2 aromatic rings. The Hall–Kier alpha value is -2.14. The van der Waals surface area contributed by atoms with Gasteiger partial charge in [0.25, 0.3) is 0 Å². The van der Waals surface area contributed by atoms with E-state index in [4.69, 9.17) is 9.47 Å². The lowest BCUT2D eigenvalue weighted by molar-refractivity contribution is 0.0798. The van der Waals surface area contributed by atoms with Crippen LogP contribution in [0, 0.1) is 0 Å². The van der Waals surface area contributed by atoms with Gasteiger partial charge in [0, 0.05) is 20.1 Å². The van der Waals surface area contributed by atoms with Crippen molar-refractivity contribution in [3.63, 3.8) is 0 Å². The summed E-state index contributed by atoms with van der Waals surface area (Å²) in [4.78, 5) is 0.133. The van der Waals surface area contributed by atoms with E-state index < -0.39 is 26.2 Å². The van der Waals surface area contributed by atoms with Crippen LogP contribution >= 0.6 is 0 Å². The molecule has 1 saturated heterocycles. The summed E-state index contributed by atoms with van der Waals surface area (Å²) >= 11 is 0. The molecule has 10 heteroatoms. The number of rotatable bonds is 6. The molecule has 0 N–H and O–H groups in total. The van der Waals surface area contributed by atoms with Crippen molar-refractivity contribution in [2.45, 2.75) is 28.7 Å². The summed E-state index contributed by atoms with van der Waals surface area (Å²) in [7, 11) is -5.93. The minimum absolute atomic E-state index is 0.0301. The monoisotopic (exact) mass is 452 g/mol. The highest BCUT2D eigenvalue weighted by Gasteiger charge is 2.30. The molecule has 30 heavy (non-hydrogen) atoms. The van der Waals surface area contributed by atoms with Crippen molar-refractivity contribution < 1.29 is 26.3 Å². The summed E-state index contributed by atoms with van der Waals surface area (Å²) in [6.07, 6.45) is 1.23. The smallest absolute Gasteiger partial charge is 0.243 e. The summed E-state index contributed by atoms with van der Waals surface area (Å²) in [5, 5.41) is 0. The molecule has 162 valence electrons. The fourth-order valence-electron chi connectivity index (χ4n) is 3.58. The quantitative estimate of drug-likeness (QED) is 0.665. The van der Waals surface area contributed by atoms with Gasteiger partial charge < -0.3 is 9.47 Å². The number of sulfonamides is 2. The van der Waals surface area contributed by atoms with Crippen LogP contribution in [0.4, 0.5) is 0 Å². The van der Waals surface area contributed by atoms with E-state index in [0.29, 0.717) is 24.6 Å². The molecule has 2 aliphatic heterocycles. The minimum atomic E-state index is -3.81. The Kier molecular flexibility index (Phi) is 5.75. The van der Waals surface area contributed by atoms with Crippen LogP contribution < -0.4 is 9.47 Å². The van der Waals surface area contributed by atoms with Crippen LogP contribution in [0.5, 0.6) is 11.5 Å². The molecule has 0 amide bonds. The van der Waals surface area contributed by atoms with Gasteiger partial charge in [0.05, 0.1) is 16.3 Å². The third kappa shape index (κ3) is 4.04. The van der Waals surface area contributed by atoms with Gasteiger partial charge in [-0.1, -0.05) is 12.1 Å². The third-order valence-corrected chi connectivity index (χ3v) is 9.01. The number of likely N-dealkylation sites (N-methyl/N-ethyl adjacent to an activating group) is 1. The molecule has 8 nitrogen and oxygen atoms in total.